The van der Waals surface area contributed by atoms with Crippen molar-refractivity contribution >= 4 is 17.5 Å². The Bertz CT molecular complexity index is 399. The molecule has 20 heavy (non-hydrogen) atoms. The highest BCUT2D eigenvalue weighted by molar-refractivity contribution is 6.99. The molecule has 0 saturated carbocycles. The third kappa shape index (κ3) is 4.88. The largest absolute Gasteiger partial charge is 0.474 e. The highest BCUT2D eigenvalue weighted by Gasteiger charge is 2.19. The van der Waals surface area contributed by atoms with Crippen molar-refractivity contribution in [2.24, 2.45) is 0 Å². The Balaban J connectivity index is 1.74. The second kappa shape index (κ2) is 7.19. The lowest BCUT2D eigenvalue weighted by Crippen LogP contribution is -2.37. The summed E-state index contributed by atoms with van der Waals surface area (Å²) in [5.41, 5.74) is 0.154. The van der Waals surface area contributed by atoms with Crippen molar-refractivity contribution in [1.82, 2.24) is 14.1 Å². The maximum Gasteiger partial charge on any atom is 0.270 e. The van der Waals surface area contributed by atoms with E-state index in [0.29, 0.717) is 12.5 Å². The molecule has 6 nitrogen and oxygen atoms in total. The number of aromatic nitrogens is 2. The summed E-state index contributed by atoms with van der Waals surface area (Å²) >= 11 is 1.20. The van der Waals surface area contributed by atoms with Crippen molar-refractivity contribution in [2.45, 2.75) is 32.7 Å². The van der Waals surface area contributed by atoms with Crippen molar-refractivity contribution < 1.29 is 9.47 Å². The summed E-state index contributed by atoms with van der Waals surface area (Å²) in [5.74, 6) is 1.52. The second-order valence-electron chi connectivity index (χ2n) is 5.87. The van der Waals surface area contributed by atoms with Crippen LogP contribution < -0.4 is 15.0 Å². The molecular weight excluding hydrogens is 276 g/mol. The van der Waals surface area contributed by atoms with Gasteiger partial charge in [0, 0.05) is 18.6 Å². The number of hydrogen-bond acceptors (Lipinski definition) is 7. The molecule has 7 heteroatoms. The van der Waals surface area contributed by atoms with Crippen LogP contribution >= 0.6 is 11.7 Å². The summed E-state index contributed by atoms with van der Waals surface area (Å²) in [7, 11) is 0. The Labute approximate surface area is 124 Å². The first-order valence-corrected chi connectivity index (χ1v) is 7.82. The molecule has 2 rings (SSSR count). The van der Waals surface area contributed by atoms with E-state index in [4.69, 9.17) is 9.47 Å². The minimum atomic E-state index is 0.154. The van der Waals surface area contributed by atoms with Gasteiger partial charge in [0.15, 0.2) is 0 Å². The number of anilines is 1. The molecule has 0 atom stereocenters. The number of rotatable bonds is 6. The predicted octanol–water partition coefficient (Wildman–Crippen LogP) is 1.53. The van der Waals surface area contributed by atoms with Gasteiger partial charge in [0.2, 0.25) is 5.82 Å². The number of nitrogens with zero attached hydrogens (tertiary/aromatic N) is 3. The van der Waals surface area contributed by atoms with Crippen LogP contribution in [-0.2, 0) is 4.74 Å². The first-order chi connectivity index (χ1) is 9.56. The summed E-state index contributed by atoms with van der Waals surface area (Å²) in [6, 6.07) is 0. The average molecular weight is 300 g/mol. The fourth-order valence-electron chi connectivity index (χ4n) is 1.94. The van der Waals surface area contributed by atoms with Gasteiger partial charge in [-0.2, -0.15) is 4.37 Å². The predicted molar refractivity (Wildman–Crippen MR) is 80.8 cm³/mol. The molecule has 0 unspecified atom stereocenters. The summed E-state index contributed by atoms with van der Waals surface area (Å²) in [5, 5.41) is 3.44. The lowest BCUT2D eigenvalue weighted by Gasteiger charge is -2.26. The highest BCUT2D eigenvalue weighted by Crippen LogP contribution is 2.26. The number of nitrogens with one attached hydrogen (secondary N) is 1. The molecule has 1 aromatic rings. The van der Waals surface area contributed by atoms with Gasteiger partial charge in [-0.25, -0.2) is 0 Å². The van der Waals surface area contributed by atoms with Gasteiger partial charge in [0.25, 0.3) is 5.88 Å². The van der Waals surface area contributed by atoms with Gasteiger partial charge in [-0.1, -0.05) is 0 Å². The zero-order chi connectivity index (χ0) is 14.4. The third-order valence-electron chi connectivity index (χ3n) is 2.97. The molecule has 0 spiro atoms. The summed E-state index contributed by atoms with van der Waals surface area (Å²) in [6.07, 6.45) is 0.956. The Morgan fingerprint density at radius 2 is 2.05 bits per heavy atom. The van der Waals surface area contributed by atoms with Crippen LogP contribution in [-0.4, -0.2) is 53.7 Å². The van der Waals surface area contributed by atoms with Crippen LogP contribution in [0.25, 0.3) is 0 Å². The fraction of sp³-hybridized carbons (Fsp3) is 0.846. The quantitative estimate of drug-likeness (QED) is 0.804. The Morgan fingerprint density at radius 3 is 2.75 bits per heavy atom. The Kier molecular flexibility index (Phi) is 5.56. The Hall–Kier alpha value is -0.920. The topological polar surface area (TPSA) is 59.5 Å². The molecule has 1 aliphatic rings. The van der Waals surface area contributed by atoms with Gasteiger partial charge in [-0.05, 0) is 33.7 Å². The van der Waals surface area contributed by atoms with Gasteiger partial charge in [0.05, 0.1) is 31.5 Å². The minimum absolute atomic E-state index is 0.154. The van der Waals surface area contributed by atoms with Gasteiger partial charge in [-0.3, -0.25) is 0 Å². The summed E-state index contributed by atoms with van der Waals surface area (Å²) in [4.78, 5) is 2.18. The maximum atomic E-state index is 5.76. The van der Waals surface area contributed by atoms with E-state index >= 15 is 0 Å². The SMILES string of the molecule is CC(C)(C)NCCCOc1nsnc1N1CCOCC1. The summed E-state index contributed by atoms with van der Waals surface area (Å²) < 4.78 is 19.7. The molecule has 1 N–H and O–H groups in total. The lowest BCUT2D eigenvalue weighted by molar-refractivity contribution is 0.122. The highest BCUT2D eigenvalue weighted by atomic mass is 32.1. The average Bonchev–Trinajstić information content (AvgIpc) is 2.86. The van der Waals surface area contributed by atoms with Crippen LogP contribution in [0.2, 0.25) is 0 Å². The second-order valence-corrected chi connectivity index (χ2v) is 6.40. The van der Waals surface area contributed by atoms with Crippen molar-refractivity contribution in [3.05, 3.63) is 0 Å². The van der Waals surface area contributed by atoms with Crippen LogP contribution in [0, 0.1) is 0 Å². The van der Waals surface area contributed by atoms with E-state index < -0.39 is 0 Å². The van der Waals surface area contributed by atoms with Crippen LogP contribution in [0.3, 0.4) is 0 Å². The van der Waals surface area contributed by atoms with E-state index in [2.05, 4.69) is 39.7 Å². The first-order valence-electron chi connectivity index (χ1n) is 7.09. The van der Waals surface area contributed by atoms with Crippen molar-refractivity contribution in [3.63, 3.8) is 0 Å². The van der Waals surface area contributed by atoms with E-state index in [1.807, 2.05) is 0 Å². The van der Waals surface area contributed by atoms with Crippen LogP contribution in [0.15, 0.2) is 0 Å². The van der Waals surface area contributed by atoms with Crippen LogP contribution in [0.4, 0.5) is 5.82 Å². The minimum Gasteiger partial charge on any atom is -0.474 e. The molecule has 1 aliphatic heterocycles. The fourth-order valence-corrected chi connectivity index (χ4v) is 2.46. The zero-order valence-corrected chi connectivity index (χ0v) is 13.3. The smallest absolute Gasteiger partial charge is 0.270 e. The van der Waals surface area contributed by atoms with Gasteiger partial charge in [0.1, 0.15) is 0 Å². The molecule has 0 aliphatic carbocycles. The molecule has 0 bridgehead atoms. The normalized spacial score (nSPS) is 16.4. The van der Waals surface area contributed by atoms with Crippen molar-refractivity contribution in [2.75, 3.05) is 44.4 Å². The standard InChI is InChI=1S/C13H24N4O2S/c1-13(2,3)14-5-4-8-19-12-11(15-20-16-12)17-6-9-18-10-7-17/h14H,4-10H2,1-3H3. The van der Waals surface area contributed by atoms with E-state index in [-0.39, 0.29) is 5.54 Å². The molecule has 0 aromatic carbocycles. The van der Waals surface area contributed by atoms with Crippen LogP contribution in [0.1, 0.15) is 27.2 Å². The monoisotopic (exact) mass is 300 g/mol. The van der Waals surface area contributed by atoms with E-state index in [1.165, 1.54) is 11.7 Å². The number of hydrogen-bond donors (Lipinski definition) is 1. The van der Waals surface area contributed by atoms with E-state index in [0.717, 1.165) is 45.1 Å². The van der Waals surface area contributed by atoms with Gasteiger partial charge in [-0.15, -0.1) is 4.37 Å². The molecule has 1 aromatic heterocycles. The molecule has 0 amide bonds. The van der Waals surface area contributed by atoms with Crippen LogP contribution in [0.5, 0.6) is 5.88 Å². The third-order valence-corrected chi connectivity index (χ3v) is 3.47. The van der Waals surface area contributed by atoms with Crippen molar-refractivity contribution in [1.29, 1.82) is 0 Å². The Morgan fingerprint density at radius 1 is 1.30 bits per heavy atom. The maximum absolute atomic E-state index is 5.76. The lowest BCUT2D eigenvalue weighted by atomic mass is 10.1. The summed E-state index contributed by atoms with van der Waals surface area (Å²) in [6.45, 7) is 11.3. The molecule has 114 valence electrons. The van der Waals surface area contributed by atoms with E-state index in [1.54, 1.807) is 0 Å². The number of morpholine rings is 1. The van der Waals surface area contributed by atoms with Crippen molar-refractivity contribution in [3.8, 4) is 5.88 Å². The first kappa shape index (κ1) is 15.5. The van der Waals surface area contributed by atoms with Gasteiger partial charge >= 0.3 is 0 Å². The van der Waals surface area contributed by atoms with Gasteiger partial charge < -0.3 is 19.7 Å². The number of ether oxygens (including phenoxy) is 2. The molecule has 1 fully saturated rings. The molecule has 0 radical (unpaired) electrons. The molecule has 2 heterocycles. The molecule has 1 saturated heterocycles. The van der Waals surface area contributed by atoms with E-state index in [9.17, 15) is 0 Å². The zero-order valence-electron chi connectivity index (χ0n) is 12.5. The molecular formula is C13H24N4O2S.